The third-order valence-electron chi connectivity index (χ3n) is 7.24. The number of nitrogens with one attached hydrogen (secondary N) is 2. The van der Waals surface area contributed by atoms with Gasteiger partial charge in [-0.1, -0.05) is 43.5 Å². The molecular formula is C31H33F3N4O4. The summed E-state index contributed by atoms with van der Waals surface area (Å²) >= 11 is 0. The van der Waals surface area contributed by atoms with Crippen LogP contribution in [0.25, 0.3) is 0 Å². The lowest BCUT2D eigenvalue weighted by molar-refractivity contribution is -0.138. The fourth-order valence-electron chi connectivity index (χ4n) is 5.05. The van der Waals surface area contributed by atoms with Gasteiger partial charge in [-0.25, -0.2) is 4.79 Å². The van der Waals surface area contributed by atoms with E-state index in [4.69, 9.17) is 10.8 Å². The Labute approximate surface area is 241 Å². The molecule has 11 heteroatoms. The van der Waals surface area contributed by atoms with E-state index < -0.39 is 29.6 Å². The van der Waals surface area contributed by atoms with Crippen molar-refractivity contribution in [2.75, 3.05) is 22.5 Å². The van der Waals surface area contributed by atoms with Crippen molar-refractivity contribution in [2.24, 2.45) is 0 Å². The Hall–Kier alpha value is -4.54. The highest BCUT2D eigenvalue weighted by molar-refractivity contribution is 6.02. The van der Waals surface area contributed by atoms with Crippen molar-refractivity contribution in [1.29, 1.82) is 0 Å². The molecule has 0 saturated heterocycles. The lowest BCUT2D eigenvalue weighted by atomic mass is 9.84. The maximum atomic E-state index is 13.5. The number of nitrogens with two attached hydrogens (primary N) is 1. The second kappa shape index (κ2) is 13.4. The Kier molecular flexibility index (Phi) is 9.72. The van der Waals surface area contributed by atoms with E-state index in [-0.39, 0.29) is 30.9 Å². The number of aliphatic carboxylic acids is 1. The molecule has 8 nitrogen and oxygen atoms in total. The summed E-state index contributed by atoms with van der Waals surface area (Å²) in [6.45, 7) is 0.0464. The molecular weight excluding hydrogens is 549 g/mol. The van der Waals surface area contributed by atoms with Crippen LogP contribution in [-0.2, 0) is 17.5 Å². The normalized spacial score (nSPS) is 13.8. The number of nitrogen functional groups attached to an aromatic ring is 1. The van der Waals surface area contributed by atoms with Crippen molar-refractivity contribution >= 4 is 35.0 Å². The Morgan fingerprint density at radius 2 is 1.60 bits per heavy atom. The number of anilines is 3. The van der Waals surface area contributed by atoms with Crippen LogP contribution in [0.3, 0.4) is 0 Å². The summed E-state index contributed by atoms with van der Waals surface area (Å²) in [6, 6.07) is 16.3. The molecule has 0 spiro atoms. The number of nitrogens with zero attached hydrogens (tertiary/aromatic N) is 1. The van der Waals surface area contributed by atoms with Gasteiger partial charge in [-0.2, -0.15) is 13.2 Å². The molecule has 1 saturated carbocycles. The summed E-state index contributed by atoms with van der Waals surface area (Å²) in [5.41, 5.74) is 7.18. The Balaban J connectivity index is 1.56. The first kappa shape index (κ1) is 30.4. The monoisotopic (exact) mass is 582 g/mol. The highest BCUT2D eigenvalue weighted by atomic mass is 19.4. The largest absolute Gasteiger partial charge is 0.481 e. The van der Waals surface area contributed by atoms with Crippen LogP contribution in [0.1, 0.15) is 71.5 Å². The smallest absolute Gasteiger partial charge is 0.416 e. The van der Waals surface area contributed by atoms with Gasteiger partial charge in [0.2, 0.25) is 0 Å². The summed E-state index contributed by atoms with van der Waals surface area (Å²) in [4.78, 5) is 37.9. The van der Waals surface area contributed by atoms with Gasteiger partial charge in [0.15, 0.2) is 0 Å². The third-order valence-corrected chi connectivity index (χ3v) is 7.24. The minimum Gasteiger partial charge on any atom is -0.481 e. The van der Waals surface area contributed by atoms with Crippen molar-refractivity contribution in [3.8, 4) is 0 Å². The topological polar surface area (TPSA) is 125 Å². The SMILES string of the molecule is Nc1cc(NC(=O)N(Cc2ccc(C(=O)NCCC(=O)O)cc2)c2ccc(C3CCCCC3)cc2)cc(C(F)(F)F)c1. The maximum Gasteiger partial charge on any atom is 0.416 e. The molecule has 0 radical (unpaired) electrons. The zero-order chi connectivity index (χ0) is 30.3. The first-order valence-electron chi connectivity index (χ1n) is 13.7. The summed E-state index contributed by atoms with van der Waals surface area (Å²) in [5, 5.41) is 13.8. The number of hydrogen-bond acceptors (Lipinski definition) is 4. The highest BCUT2D eigenvalue weighted by Crippen LogP contribution is 2.35. The molecule has 5 N–H and O–H groups in total. The molecule has 4 rings (SSSR count). The number of halogens is 3. The minimum atomic E-state index is -4.63. The number of hydrogen-bond donors (Lipinski definition) is 4. The van der Waals surface area contributed by atoms with E-state index in [2.05, 4.69) is 10.6 Å². The molecule has 42 heavy (non-hydrogen) atoms. The summed E-state index contributed by atoms with van der Waals surface area (Å²) in [6.07, 6.45) is 0.957. The van der Waals surface area contributed by atoms with Gasteiger partial charge < -0.3 is 21.5 Å². The van der Waals surface area contributed by atoms with Crippen LogP contribution in [0.5, 0.6) is 0 Å². The quantitative estimate of drug-likeness (QED) is 0.207. The maximum absolute atomic E-state index is 13.5. The molecule has 0 aliphatic heterocycles. The standard InChI is InChI=1S/C31H33F3N4O4/c32-31(33,34)24-16-25(35)18-26(17-24)37-30(42)38(27-12-10-22(11-13-27)21-4-2-1-3-5-21)19-20-6-8-23(9-7-20)29(41)36-15-14-28(39)40/h6-13,16-18,21H,1-5,14-15,19,35H2,(H,36,41)(H,37,42)(H,39,40). The molecule has 222 valence electrons. The lowest BCUT2D eigenvalue weighted by Crippen LogP contribution is -2.34. The van der Waals surface area contributed by atoms with E-state index in [1.54, 1.807) is 24.3 Å². The van der Waals surface area contributed by atoms with Crippen molar-refractivity contribution in [3.05, 3.63) is 89.0 Å². The number of benzene rings is 3. The minimum absolute atomic E-state index is 0.0131. The van der Waals surface area contributed by atoms with Crippen LogP contribution >= 0.6 is 0 Å². The van der Waals surface area contributed by atoms with Gasteiger partial charge in [-0.05, 0) is 72.4 Å². The van der Waals surface area contributed by atoms with Gasteiger partial charge in [-0.15, -0.1) is 0 Å². The zero-order valence-corrected chi connectivity index (χ0v) is 22.9. The van der Waals surface area contributed by atoms with Crippen LogP contribution in [-0.4, -0.2) is 29.6 Å². The van der Waals surface area contributed by atoms with E-state index in [1.807, 2.05) is 24.3 Å². The van der Waals surface area contributed by atoms with Crippen LogP contribution in [0.2, 0.25) is 0 Å². The lowest BCUT2D eigenvalue weighted by Gasteiger charge is -2.26. The van der Waals surface area contributed by atoms with E-state index in [1.165, 1.54) is 35.8 Å². The Morgan fingerprint density at radius 3 is 2.21 bits per heavy atom. The van der Waals surface area contributed by atoms with Gasteiger partial charge in [-0.3, -0.25) is 14.5 Å². The highest BCUT2D eigenvalue weighted by Gasteiger charge is 2.31. The molecule has 1 aliphatic rings. The van der Waals surface area contributed by atoms with Gasteiger partial charge >= 0.3 is 18.2 Å². The van der Waals surface area contributed by atoms with Crippen LogP contribution in [0.4, 0.5) is 35.0 Å². The first-order chi connectivity index (χ1) is 20.0. The van der Waals surface area contributed by atoms with Gasteiger partial charge in [0.1, 0.15) is 0 Å². The van der Waals surface area contributed by atoms with E-state index in [0.29, 0.717) is 22.7 Å². The van der Waals surface area contributed by atoms with Crippen molar-refractivity contribution in [3.63, 3.8) is 0 Å². The van der Waals surface area contributed by atoms with Crippen molar-refractivity contribution in [2.45, 2.75) is 57.2 Å². The molecule has 3 amide bonds. The Morgan fingerprint density at radius 1 is 0.929 bits per heavy atom. The number of urea groups is 1. The fraction of sp³-hybridized carbons (Fsp3) is 0.323. The first-order valence-corrected chi connectivity index (χ1v) is 13.7. The number of carbonyl (C=O) groups is 3. The summed E-state index contributed by atoms with van der Waals surface area (Å²) in [7, 11) is 0. The molecule has 0 aromatic heterocycles. The van der Waals surface area contributed by atoms with Gasteiger partial charge in [0.25, 0.3) is 5.91 Å². The number of carbonyl (C=O) groups excluding carboxylic acids is 2. The molecule has 3 aromatic rings. The molecule has 0 bridgehead atoms. The number of carboxylic acid groups (broad SMARTS) is 1. The van der Waals surface area contributed by atoms with Crippen molar-refractivity contribution < 1.29 is 32.7 Å². The predicted molar refractivity (Wildman–Crippen MR) is 154 cm³/mol. The average Bonchev–Trinajstić information content (AvgIpc) is 2.96. The second-order valence-corrected chi connectivity index (χ2v) is 10.4. The molecule has 0 heterocycles. The van der Waals surface area contributed by atoms with Gasteiger partial charge in [0, 0.05) is 29.2 Å². The van der Waals surface area contributed by atoms with E-state index in [9.17, 15) is 27.6 Å². The Bertz CT molecular complexity index is 1400. The van der Waals surface area contributed by atoms with E-state index in [0.717, 1.165) is 25.0 Å². The molecule has 0 unspecified atom stereocenters. The number of amides is 3. The molecule has 0 atom stereocenters. The van der Waals surface area contributed by atoms with Crippen molar-refractivity contribution in [1.82, 2.24) is 5.32 Å². The number of rotatable bonds is 9. The third kappa shape index (κ3) is 8.25. The van der Waals surface area contributed by atoms with Crippen LogP contribution < -0.4 is 21.3 Å². The van der Waals surface area contributed by atoms with Crippen LogP contribution in [0.15, 0.2) is 66.7 Å². The number of carboxylic acids is 1. The average molecular weight is 583 g/mol. The molecule has 1 aliphatic carbocycles. The summed E-state index contributed by atoms with van der Waals surface area (Å²) < 4.78 is 40.0. The summed E-state index contributed by atoms with van der Waals surface area (Å²) in [5.74, 6) is -1.00. The number of alkyl halides is 3. The fourth-order valence-corrected chi connectivity index (χ4v) is 5.05. The molecule has 1 fully saturated rings. The zero-order valence-electron chi connectivity index (χ0n) is 22.9. The van der Waals surface area contributed by atoms with Crippen LogP contribution in [0, 0.1) is 0 Å². The predicted octanol–water partition coefficient (Wildman–Crippen LogP) is 6.78. The second-order valence-electron chi connectivity index (χ2n) is 10.4. The van der Waals surface area contributed by atoms with Gasteiger partial charge in [0.05, 0.1) is 18.5 Å². The van der Waals surface area contributed by atoms with E-state index >= 15 is 0 Å². The molecule has 3 aromatic carbocycles.